The van der Waals surface area contributed by atoms with Crippen LogP contribution in [0, 0.1) is 5.92 Å². The lowest BCUT2D eigenvalue weighted by molar-refractivity contribution is -0.136. The first-order valence-corrected chi connectivity index (χ1v) is 15.5. The fourth-order valence-electron chi connectivity index (χ4n) is 5.01. The lowest BCUT2D eigenvalue weighted by Gasteiger charge is -2.30. The van der Waals surface area contributed by atoms with Gasteiger partial charge in [0.15, 0.2) is 11.5 Å². The van der Waals surface area contributed by atoms with Gasteiger partial charge in [0.2, 0.25) is 23.6 Å². The van der Waals surface area contributed by atoms with E-state index >= 15 is 0 Å². The third-order valence-corrected chi connectivity index (χ3v) is 7.60. The molecule has 2 aliphatic heterocycles. The minimum absolute atomic E-state index is 0.0318. The molecule has 3 atom stereocenters. The average molecular weight is 638 g/mol. The van der Waals surface area contributed by atoms with Crippen molar-refractivity contribution in [3.05, 3.63) is 53.6 Å². The molecule has 5 amide bonds. The monoisotopic (exact) mass is 637 g/mol. The summed E-state index contributed by atoms with van der Waals surface area (Å²) < 4.78 is 17.1. The summed E-state index contributed by atoms with van der Waals surface area (Å²) in [7, 11) is 0. The van der Waals surface area contributed by atoms with Crippen molar-refractivity contribution in [3.63, 3.8) is 0 Å². The minimum Gasteiger partial charge on any atom is -0.491 e. The van der Waals surface area contributed by atoms with E-state index in [4.69, 9.17) is 14.2 Å². The summed E-state index contributed by atoms with van der Waals surface area (Å²) in [6.07, 6.45) is 0.00748. The average Bonchev–Trinajstić information content (AvgIpc) is 3.01. The van der Waals surface area contributed by atoms with Crippen LogP contribution < -0.4 is 40.8 Å². The van der Waals surface area contributed by atoms with Crippen LogP contribution in [-0.4, -0.2) is 79.6 Å². The minimum atomic E-state index is -1.44. The summed E-state index contributed by atoms with van der Waals surface area (Å²) in [6.45, 7) is 9.51. The summed E-state index contributed by atoms with van der Waals surface area (Å²) in [5.41, 5.74) is -0.388. The van der Waals surface area contributed by atoms with Crippen molar-refractivity contribution in [1.82, 2.24) is 26.6 Å². The van der Waals surface area contributed by atoms with Crippen molar-refractivity contribution in [1.29, 1.82) is 0 Å². The molecule has 2 aromatic rings. The molecule has 5 N–H and O–H groups in total. The second-order valence-corrected chi connectivity index (χ2v) is 12.3. The maximum absolute atomic E-state index is 13.5. The molecule has 0 saturated carbocycles. The molecule has 0 aromatic heterocycles. The first-order valence-electron chi connectivity index (χ1n) is 15.5. The number of nitrogens with one attached hydrogen (secondary N) is 5. The van der Waals surface area contributed by atoms with Gasteiger partial charge < -0.3 is 40.8 Å². The summed E-state index contributed by atoms with van der Waals surface area (Å²) in [6, 6.07) is 9.39. The van der Waals surface area contributed by atoms with Crippen LogP contribution in [0.3, 0.4) is 0 Å². The first-order chi connectivity index (χ1) is 21.8. The van der Waals surface area contributed by atoms with Crippen LogP contribution in [0.2, 0.25) is 0 Å². The van der Waals surface area contributed by atoms with Crippen molar-refractivity contribution in [2.45, 2.75) is 71.1 Å². The largest absolute Gasteiger partial charge is 0.491 e. The van der Waals surface area contributed by atoms with E-state index in [1.807, 2.05) is 18.2 Å². The molecule has 0 radical (unpaired) electrons. The van der Waals surface area contributed by atoms with Crippen molar-refractivity contribution in [2.75, 3.05) is 26.4 Å². The number of carbonyl (C=O) groups excluding carboxylic acids is 5. The Balaban J connectivity index is 1.55. The van der Waals surface area contributed by atoms with Gasteiger partial charge in [-0.05, 0) is 62.9 Å². The zero-order valence-electron chi connectivity index (χ0n) is 26.9. The standard InChI is InChI=1S/C33H43N5O8/c1-19(2)28-31(42)35-20(3)18-46-24-9-7-6-8-22(24)29(40)36-23(17-27(39)38-33(4,5)32(43)37-28)30(41)34-13-12-21-10-11-25-26(16-21)45-15-14-44-25/h6-11,16,19-20,23,28H,12-15,17-18H2,1-5H3,(H,34,41)(H,35,42)(H,36,40)(H,37,43)(H,38,39)/t20-,23-,28+/m0/s1. The van der Waals surface area contributed by atoms with Crippen LogP contribution in [-0.2, 0) is 25.6 Å². The van der Waals surface area contributed by atoms with E-state index in [1.165, 1.54) is 13.8 Å². The van der Waals surface area contributed by atoms with Gasteiger partial charge in [-0.3, -0.25) is 24.0 Å². The molecule has 248 valence electrons. The molecular weight excluding hydrogens is 594 g/mol. The number of hydrogen-bond acceptors (Lipinski definition) is 8. The van der Waals surface area contributed by atoms with E-state index in [1.54, 1.807) is 45.0 Å². The maximum Gasteiger partial charge on any atom is 0.255 e. The Morgan fingerprint density at radius 3 is 2.39 bits per heavy atom. The van der Waals surface area contributed by atoms with E-state index in [0.717, 1.165) is 5.56 Å². The highest BCUT2D eigenvalue weighted by atomic mass is 16.6. The number of para-hydroxylation sites is 1. The van der Waals surface area contributed by atoms with Crippen molar-refractivity contribution >= 4 is 29.5 Å². The molecule has 13 heteroatoms. The number of carbonyl (C=O) groups is 5. The van der Waals surface area contributed by atoms with E-state index < -0.39 is 59.6 Å². The van der Waals surface area contributed by atoms with E-state index in [-0.39, 0.29) is 30.4 Å². The number of rotatable bonds is 5. The zero-order chi connectivity index (χ0) is 33.4. The third-order valence-electron chi connectivity index (χ3n) is 7.60. The molecule has 2 aromatic carbocycles. The van der Waals surface area contributed by atoms with Gasteiger partial charge in [0.1, 0.15) is 43.2 Å². The smallest absolute Gasteiger partial charge is 0.255 e. The first kappa shape index (κ1) is 34.1. The molecule has 0 fully saturated rings. The van der Waals surface area contributed by atoms with Gasteiger partial charge in [0.25, 0.3) is 5.91 Å². The molecule has 0 saturated heterocycles. The number of hydrogen-bond donors (Lipinski definition) is 5. The Hall–Kier alpha value is -4.81. The Labute approximate surface area is 268 Å². The van der Waals surface area contributed by atoms with Crippen LogP contribution in [0.15, 0.2) is 42.5 Å². The summed E-state index contributed by atoms with van der Waals surface area (Å²) in [5, 5.41) is 13.7. The van der Waals surface area contributed by atoms with Crippen LogP contribution in [0.1, 0.15) is 57.0 Å². The highest BCUT2D eigenvalue weighted by Crippen LogP contribution is 2.30. The van der Waals surface area contributed by atoms with Crippen LogP contribution in [0.25, 0.3) is 0 Å². The predicted octanol–water partition coefficient (Wildman–Crippen LogP) is 1.24. The van der Waals surface area contributed by atoms with Gasteiger partial charge in [-0.25, -0.2) is 0 Å². The molecule has 0 aliphatic carbocycles. The van der Waals surface area contributed by atoms with Crippen LogP contribution in [0.5, 0.6) is 17.2 Å². The van der Waals surface area contributed by atoms with Crippen LogP contribution in [0.4, 0.5) is 0 Å². The number of fused-ring (bicyclic) bond motifs is 2. The highest BCUT2D eigenvalue weighted by Gasteiger charge is 2.36. The molecule has 4 rings (SSSR count). The van der Waals surface area contributed by atoms with Gasteiger partial charge in [-0.1, -0.05) is 32.0 Å². The Bertz CT molecular complexity index is 1460. The lowest BCUT2D eigenvalue weighted by atomic mass is 9.98. The Kier molecular flexibility index (Phi) is 11.1. The molecule has 13 nitrogen and oxygen atoms in total. The third kappa shape index (κ3) is 8.89. The van der Waals surface area contributed by atoms with Gasteiger partial charge >= 0.3 is 0 Å². The highest BCUT2D eigenvalue weighted by molar-refractivity contribution is 6.01. The topological polar surface area (TPSA) is 173 Å². The van der Waals surface area contributed by atoms with Crippen molar-refractivity contribution < 1.29 is 38.2 Å². The van der Waals surface area contributed by atoms with Crippen molar-refractivity contribution in [3.8, 4) is 17.2 Å². The van der Waals surface area contributed by atoms with Gasteiger partial charge in [0, 0.05) is 6.54 Å². The van der Waals surface area contributed by atoms with Gasteiger partial charge in [-0.15, -0.1) is 0 Å². The van der Waals surface area contributed by atoms with E-state index in [2.05, 4.69) is 26.6 Å². The predicted molar refractivity (Wildman–Crippen MR) is 169 cm³/mol. The Morgan fingerprint density at radius 1 is 0.935 bits per heavy atom. The number of ether oxygens (including phenoxy) is 3. The Morgan fingerprint density at radius 2 is 1.65 bits per heavy atom. The second kappa shape index (κ2) is 15.0. The fraction of sp³-hybridized carbons (Fsp3) is 0.485. The molecule has 0 unspecified atom stereocenters. The zero-order valence-corrected chi connectivity index (χ0v) is 26.9. The van der Waals surface area contributed by atoms with Gasteiger partial charge in [-0.2, -0.15) is 0 Å². The molecule has 46 heavy (non-hydrogen) atoms. The molecule has 0 spiro atoms. The van der Waals surface area contributed by atoms with Gasteiger partial charge in [0.05, 0.1) is 18.0 Å². The lowest BCUT2D eigenvalue weighted by Crippen LogP contribution is -2.61. The van der Waals surface area contributed by atoms with E-state index in [0.29, 0.717) is 31.1 Å². The van der Waals surface area contributed by atoms with E-state index in [9.17, 15) is 24.0 Å². The summed E-state index contributed by atoms with van der Waals surface area (Å²) >= 11 is 0. The molecular formula is C33H43N5O8. The summed E-state index contributed by atoms with van der Waals surface area (Å²) in [4.78, 5) is 66.5. The quantitative estimate of drug-likeness (QED) is 0.326. The molecule has 2 heterocycles. The fourth-order valence-corrected chi connectivity index (χ4v) is 5.01. The molecule has 2 aliphatic rings. The molecule has 0 bridgehead atoms. The van der Waals surface area contributed by atoms with Crippen LogP contribution >= 0.6 is 0 Å². The second-order valence-electron chi connectivity index (χ2n) is 12.3. The maximum atomic E-state index is 13.5. The normalized spacial score (nSPS) is 22.2. The number of amides is 5. The number of benzene rings is 2. The SMILES string of the molecule is CC(C)[C@H]1NC(=O)C(C)(C)NC(=O)C[C@@H](C(=O)NCCc2ccc3c(c2)OCCO3)NC(=O)c2ccccc2OC[C@H](C)NC1=O. The summed E-state index contributed by atoms with van der Waals surface area (Å²) in [5.74, 6) is -1.59. The van der Waals surface area contributed by atoms with Crippen molar-refractivity contribution in [2.24, 2.45) is 5.92 Å².